The minimum absolute atomic E-state index is 0.00594. The number of aliphatic carboxylic acids is 2. The van der Waals surface area contributed by atoms with Crippen molar-refractivity contribution in [3.63, 3.8) is 0 Å². The van der Waals surface area contributed by atoms with E-state index in [1.165, 1.54) is 0 Å². The Labute approximate surface area is 485 Å². The second-order valence-electron chi connectivity index (χ2n) is 17.5. The Morgan fingerprint density at radius 3 is 0.964 bits per heavy atom. The van der Waals surface area contributed by atoms with Crippen LogP contribution in [0.25, 0.3) is 0 Å². The van der Waals surface area contributed by atoms with Crippen LogP contribution in [0.4, 0.5) is 0 Å². The van der Waals surface area contributed by atoms with Gasteiger partial charge in [0.05, 0.1) is 165 Å². The van der Waals surface area contributed by atoms with Crippen molar-refractivity contribution >= 4 is 35.6 Å². The van der Waals surface area contributed by atoms with Gasteiger partial charge in [-0.05, 0) is 35.4 Å². The van der Waals surface area contributed by atoms with E-state index in [-0.39, 0.29) is 111 Å². The molecule has 28 heteroatoms. The fourth-order valence-corrected chi connectivity index (χ4v) is 6.74. The van der Waals surface area contributed by atoms with Crippen LogP contribution in [0, 0.1) is 0 Å². The topological polar surface area (TPSA) is 355 Å². The molecule has 4 amide bonds. The van der Waals surface area contributed by atoms with E-state index in [4.69, 9.17) is 87.0 Å². The van der Waals surface area contributed by atoms with Gasteiger partial charge in [0.1, 0.15) is 23.6 Å². The number of methoxy groups -OCH3 is 1. The fraction of sp³-hybridized carbons (Fsp3) is 0.673. The van der Waals surface area contributed by atoms with Crippen LogP contribution in [0.2, 0.25) is 0 Å². The molecule has 0 aromatic heterocycles. The van der Waals surface area contributed by atoms with Gasteiger partial charge in [-0.25, -0.2) is 9.59 Å². The van der Waals surface area contributed by atoms with E-state index in [0.29, 0.717) is 122 Å². The van der Waals surface area contributed by atoms with Crippen molar-refractivity contribution in [3.05, 3.63) is 59.7 Å². The molecular weight excluding hydrogens is 1100 g/mol. The summed E-state index contributed by atoms with van der Waals surface area (Å²) in [4.78, 5) is 74.1. The SMILES string of the molecule is COCCOCCOCCOCCOCCNC(=O)C(Cc1ccc(OCC(=O)O)cc1)NC(=O)CCOCCOCCOCCOCCNC(=O)C(Cc1ccc(OCC(=O)O)cc1)NC(=O)CCOCCOCCOCCOCCN. The van der Waals surface area contributed by atoms with Crippen molar-refractivity contribution in [1.82, 2.24) is 21.3 Å². The number of carboxylic acid groups (broad SMARTS) is 2. The number of hydrogen-bond acceptors (Lipinski definition) is 22. The lowest BCUT2D eigenvalue weighted by Crippen LogP contribution is -2.48. The Kier molecular flexibility index (Phi) is 45.9. The maximum atomic E-state index is 13.3. The Bertz CT molecular complexity index is 1980. The van der Waals surface area contributed by atoms with Gasteiger partial charge in [-0.2, -0.15) is 0 Å². The third kappa shape index (κ3) is 43.6. The maximum absolute atomic E-state index is 13.3. The summed E-state index contributed by atoms with van der Waals surface area (Å²) in [5.41, 5.74) is 6.77. The lowest BCUT2D eigenvalue weighted by molar-refractivity contribution is -0.140. The molecule has 2 aromatic rings. The van der Waals surface area contributed by atoms with Crippen LogP contribution in [0.1, 0.15) is 24.0 Å². The van der Waals surface area contributed by atoms with Crippen LogP contribution in [0.3, 0.4) is 0 Å². The zero-order valence-corrected chi connectivity index (χ0v) is 47.9. The molecule has 0 aliphatic carbocycles. The number of benzene rings is 2. The largest absolute Gasteiger partial charge is 0.482 e. The smallest absolute Gasteiger partial charge is 0.341 e. The van der Waals surface area contributed by atoms with Crippen molar-refractivity contribution in [3.8, 4) is 11.5 Å². The first-order valence-corrected chi connectivity index (χ1v) is 27.6. The van der Waals surface area contributed by atoms with Crippen LogP contribution in [-0.4, -0.2) is 263 Å². The lowest BCUT2D eigenvalue weighted by atomic mass is 10.0. The molecule has 8 N–H and O–H groups in total. The van der Waals surface area contributed by atoms with Crippen LogP contribution >= 0.6 is 0 Å². The Balaban J connectivity index is 1.63. The number of rotatable bonds is 58. The highest BCUT2D eigenvalue weighted by atomic mass is 16.6. The van der Waals surface area contributed by atoms with Gasteiger partial charge in [-0.15, -0.1) is 0 Å². The lowest BCUT2D eigenvalue weighted by Gasteiger charge is -2.19. The number of carboxylic acids is 2. The molecule has 83 heavy (non-hydrogen) atoms. The second kappa shape index (κ2) is 51.9. The zero-order chi connectivity index (χ0) is 60.1. The monoisotopic (exact) mass is 1190 g/mol. The molecule has 28 nitrogen and oxygen atoms in total. The molecular formula is C55H89N5O23. The van der Waals surface area contributed by atoms with E-state index in [0.717, 1.165) is 0 Å². The summed E-state index contributed by atoms with van der Waals surface area (Å²) in [6.45, 7) is 8.08. The summed E-state index contributed by atoms with van der Waals surface area (Å²) in [6.07, 6.45) is 0.282. The molecule has 2 unspecified atom stereocenters. The van der Waals surface area contributed by atoms with Crippen molar-refractivity contribution in [2.24, 2.45) is 5.73 Å². The first kappa shape index (κ1) is 73.4. The van der Waals surface area contributed by atoms with Gasteiger partial charge >= 0.3 is 11.9 Å². The van der Waals surface area contributed by atoms with Crippen molar-refractivity contribution in [2.75, 3.05) is 205 Å². The number of carbonyl (C=O) groups excluding carboxylic acids is 4. The van der Waals surface area contributed by atoms with E-state index in [2.05, 4.69) is 21.3 Å². The third-order valence-corrected chi connectivity index (χ3v) is 10.8. The first-order valence-electron chi connectivity index (χ1n) is 27.6. The van der Waals surface area contributed by atoms with Gasteiger partial charge in [0.25, 0.3) is 0 Å². The van der Waals surface area contributed by atoms with Crippen LogP contribution in [-0.2, 0) is 103 Å². The first-order chi connectivity index (χ1) is 40.5. The highest BCUT2D eigenvalue weighted by Crippen LogP contribution is 2.15. The Hall–Kier alpha value is -5.70. The van der Waals surface area contributed by atoms with Crippen LogP contribution in [0.15, 0.2) is 48.5 Å². The summed E-state index contributed by atoms with van der Waals surface area (Å²) in [5.74, 6) is -3.19. The molecule has 2 rings (SSSR count). The summed E-state index contributed by atoms with van der Waals surface area (Å²) in [7, 11) is 1.61. The van der Waals surface area contributed by atoms with E-state index in [9.17, 15) is 28.8 Å². The van der Waals surface area contributed by atoms with Crippen molar-refractivity contribution in [2.45, 2.75) is 37.8 Å². The third-order valence-electron chi connectivity index (χ3n) is 10.8. The van der Waals surface area contributed by atoms with Crippen LogP contribution < -0.4 is 36.5 Å². The van der Waals surface area contributed by atoms with Gasteiger partial charge in [0, 0.05) is 52.4 Å². The number of nitrogens with one attached hydrogen (secondary N) is 4. The predicted molar refractivity (Wildman–Crippen MR) is 296 cm³/mol. The molecule has 0 heterocycles. The average molecular weight is 1190 g/mol. The molecule has 0 spiro atoms. The number of carbonyl (C=O) groups is 6. The number of nitrogens with two attached hydrogens (primary N) is 1. The van der Waals surface area contributed by atoms with Gasteiger partial charge < -0.3 is 108 Å². The summed E-state index contributed by atoms with van der Waals surface area (Å²) in [6, 6.07) is 11.2. The quantitative estimate of drug-likeness (QED) is 0.0398. The second-order valence-corrected chi connectivity index (χ2v) is 17.5. The maximum Gasteiger partial charge on any atom is 0.341 e. The molecule has 0 saturated carbocycles. The molecule has 0 saturated heterocycles. The number of hydrogen-bond donors (Lipinski definition) is 7. The molecule has 0 radical (unpaired) electrons. The van der Waals surface area contributed by atoms with E-state index in [1.54, 1.807) is 55.6 Å². The van der Waals surface area contributed by atoms with Crippen molar-refractivity contribution < 1.29 is 110 Å². The van der Waals surface area contributed by atoms with E-state index >= 15 is 0 Å². The zero-order valence-electron chi connectivity index (χ0n) is 47.9. The van der Waals surface area contributed by atoms with Gasteiger partial charge in [-0.1, -0.05) is 24.3 Å². The van der Waals surface area contributed by atoms with Gasteiger partial charge in [0.2, 0.25) is 23.6 Å². The predicted octanol–water partition coefficient (Wildman–Crippen LogP) is -0.815. The number of amides is 4. The number of ether oxygens (including phenoxy) is 15. The van der Waals surface area contributed by atoms with E-state index in [1.807, 2.05) is 0 Å². The average Bonchev–Trinajstić information content (AvgIpc) is 3.49. The Morgan fingerprint density at radius 2 is 0.675 bits per heavy atom. The highest BCUT2D eigenvalue weighted by molar-refractivity contribution is 5.88. The normalized spacial score (nSPS) is 11.9. The van der Waals surface area contributed by atoms with Gasteiger partial charge in [-0.3, -0.25) is 19.2 Å². The molecule has 0 aliphatic rings. The van der Waals surface area contributed by atoms with Crippen molar-refractivity contribution in [1.29, 1.82) is 0 Å². The molecule has 2 atom stereocenters. The standard InChI is InChI=1S/C55H89N5O23/c1-69-20-21-75-32-33-81-39-38-80-31-26-74-19-14-58-55(68)49(41-45-4-8-47(9-5-45)83-43-53(65)66)60-51(62)11-16-71-23-28-77-35-37-79-30-25-73-18-13-57-54(67)48(40-44-2-6-46(7-3-44)82-42-52(63)64)59-50(61)10-15-70-22-27-76-34-36-78-29-24-72-17-12-56/h2-9,48-49H,10-43,56H2,1H3,(H,57,67)(H,58,68)(H,59,61)(H,60,62)(H,63,64)(H,65,66). The summed E-state index contributed by atoms with van der Waals surface area (Å²) >= 11 is 0. The Morgan fingerprint density at radius 1 is 0.398 bits per heavy atom. The fourth-order valence-electron chi connectivity index (χ4n) is 6.74. The summed E-state index contributed by atoms with van der Waals surface area (Å²) < 4.78 is 81.0. The minimum Gasteiger partial charge on any atom is -0.482 e. The van der Waals surface area contributed by atoms with E-state index < -0.39 is 60.9 Å². The molecule has 0 fully saturated rings. The summed E-state index contributed by atoms with van der Waals surface area (Å²) in [5, 5.41) is 28.9. The van der Waals surface area contributed by atoms with Gasteiger partial charge in [0.15, 0.2) is 13.2 Å². The molecule has 472 valence electrons. The minimum atomic E-state index is -1.12. The molecule has 2 aromatic carbocycles. The highest BCUT2D eigenvalue weighted by Gasteiger charge is 2.23. The van der Waals surface area contributed by atoms with Crippen LogP contribution in [0.5, 0.6) is 11.5 Å². The molecule has 0 bridgehead atoms. The molecule has 0 aliphatic heterocycles.